The minimum Gasteiger partial charge on any atom is -0.493 e. The first kappa shape index (κ1) is 23.8. The molecule has 8 heteroatoms. The number of hydrogen-bond donors (Lipinski definition) is 0. The maximum Gasteiger partial charge on any atom is 0.341 e. The van der Waals surface area contributed by atoms with Gasteiger partial charge in [-0.15, -0.1) is 5.23 Å². The van der Waals surface area contributed by atoms with Crippen LogP contribution in [-0.2, 0) is 26.6 Å². The fraction of sp³-hybridized carbons (Fsp3) is 0.286. The molecule has 0 saturated heterocycles. The summed E-state index contributed by atoms with van der Waals surface area (Å²) in [5.41, 5.74) is 3.89. The van der Waals surface area contributed by atoms with Crippen LogP contribution in [0.4, 0.5) is 5.69 Å². The lowest BCUT2D eigenvalue weighted by Crippen LogP contribution is -2.32. The molecule has 0 bridgehead atoms. The minimum atomic E-state index is -1.31. The largest absolute Gasteiger partial charge is 0.493 e. The fourth-order valence-corrected chi connectivity index (χ4v) is 5.34. The van der Waals surface area contributed by atoms with Crippen molar-refractivity contribution in [3.8, 4) is 5.75 Å². The molecule has 186 valence electrons. The third-order valence-corrected chi connectivity index (χ3v) is 6.69. The number of benzene rings is 2. The van der Waals surface area contributed by atoms with E-state index in [-0.39, 0.29) is 0 Å². The SMILES string of the molecule is CCOc1cc(N(OC)OC)ccc1C1(c2c(C)n(CC)c3ccccc23)OC(=O)c2cccnc21. The van der Waals surface area contributed by atoms with Crippen molar-refractivity contribution in [1.29, 1.82) is 0 Å². The minimum absolute atomic E-state index is 0.408. The number of nitrogens with zero attached hydrogens (tertiary/aromatic N) is 3. The Morgan fingerprint density at radius 2 is 1.83 bits per heavy atom. The number of aryl methyl sites for hydroxylation is 1. The lowest BCUT2D eigenvalue weighted by Gasteiger charge is -2.32. The van der Waals surface area contributed by atoms with E-state index in [4.69, 9.17) is 24.1 Å². The lowest BCUT2D eigenvalue weighted by atomic mass is 9.80. The molecular weight excluding hydrogens is 458 g/mol. The van der Waals surface area contributed by atoms with Gasteiger partial charge < -0.3 is 14.0 Å². The normalized spacial score (nSPS) is 16.8. The molecule has 1 unspecified atom stereocenters. The van der Waals surface area contributed by atoms with Crippen LogP contribution < -0.4 is 9.96 Å². The quantitative estimate of drug-likeness (QED) is 0.251. The number of hydrogen-bond acceptors (Lipinski definition) is 7. The lowest BCUT2D eigenvalue weighted by molar-refractivity contribution is -0.0434. The predicted octanol–water partition coefficient (Wildman–Crippen LogP) is 5.15. The molecule has 4 aromatic rings. The van der Waals surface area contributed by atoms with Gasteiger partial charge in [0, 0.05) is 46.5 Å². The van der Waals surface area contributed by atoms with Crippen molar-refractivity contribution in [3.05, 3.63) is 88.9 Å². The van der Waals surface area contributed by atoms with Gasteiger partial charge in [0.1, 0.15) is 11.4 Å². The summed E-state index contributed by atoms with van der Waals surface area (Å²) < 4.78 is 14.8. The second-order valence-corrected chi connectivity index (χ2v) is 8.43. The average Bonchev–Trinajstić information content (AvgIpc) is 3.36. The third-order valence-electron chi connectivity index (χ3n) is 6.69. The molecule has 8 nitrogen and oxygen atoms in total. The highest BCUT2D eigenvalue weighted by molar-refractivity contribution is 5.98. The van der Waals surface area contributed by atoms with Crippen molar-refractivity contribution >= 4 is 22.6 Å². The van der Waals surface area contributed by atoms with E-state index < -0.39 is 11.6 Å². The van der Waals surface area contributed by atoms with Gasteiger partial charge in [0.2, 0.25) is 5.60 Å². The van der Waals surface area contributed by atoms with Gasteiger partial charge in [-0.05, 0) is 51.1 Å². The van der Waals surface area contributed by atoms with Crippen LogP contribution in [0.5, 0.6) is 5.75 Å². The number of pyridine rings is 1. The standard InChI is InChI=1S/C28H29N3O5/c1-6-30-18(3)25(20-11-8-9-13-23(20)30)28(26-21(27(32)36-28)12-10-16-29-26)22-15-14-19(31(33-4)34-5)17-24(22)35-7-2/h8-17H,6-7H2,1-5H3. The van der Waals surface area contributed by atoms with Crippen molar-refractivity contribution in [1.82, 2.24) is 9.55 Å². The summed E-state index contributed by atoms with van der Waals surface area (Å²) in [6, 6.07) is 17.2. The Labute approximate surface area is 209 Å². The fourth-order valence-electron chi connectivity index (χ4n) is 5.34. The van der Waals surface area contributed by atoms with Crippen LogP contribution >= 0.6 is 0 Å². The number of esters is 1. The molecule has 5 rings (SSSR count). The number of cyclic esters (lactones) is 1. The van der Waals surface area contributed by atoms with Crippen LogP contribution in [0.2, 0.25) is 0 Å². The number of fused-ring (bicyclic) bond motifs is 2. The zero-order valence-corrected chi connectivity index (χ0v) is 21.1. The molecule has 0 saturated carbocycles. The number of carbonyl (C=O) groups excluding carboxylic acids is 1. The first-order valence-electron chi connectivity index (χ1n) is 11.9. The molecule has 0 amide bonds. The Kier molecular flexibility index (Phi) is 6.15. The number of aromatic nitrogens is 2. The summed E-state index contributed by atoms with van der Waals surface area (Å²) in [6.45, 7) is 7.24. The highest BCUT2D eigenvalue weighted by Crippen LogP contribution is 2.52. The van der Waals surface area contributed by atoms with Crippen LogP contribution in [0.1, 0.15) is 46.7 Å². The summed E-state index contributed by atoms with van der Waals surface area (Å²) in [7, 11) is 3.03. The van der Waals surface area contributed by atoms with Crippen LogP contribution in [0.25, 0.3) is 10.9 Å². The summed E-state index contributed by atoms with van der Waals surface area (Å²) in [5.74, 6) is 0.112. The second-order valence-electron chi connectivity index (χ2n) is 8.43. The molecule has 36 heavy (non-hydrogen) atoms. The number of ether oxygens (including phenoxy) is 2. The van der Waals surface area contributed by atoms with Crippen LogP contribution in [0.3, 0.4) is 0 Å². The van der Waals surface area contributed by atoms with E-state index in [0.717, 1.165) is 28.7 Å². The van der Waals surface area contributed by atoms with Gasteiger partial charge in [-0.3, -0.25) is 14.7 Å². The van der Waals surface area contributed by atoms with Gasteiger partial charge in [-0.1, -0.05) is 18.2 Å². The number of rotatable bonds is 8. The van der Waals surface area contributed by atoms with E-state index in [2.05, 4.69) is 30.5 Å². The van der Waals surface area contributed by atoms with Gasteiger partial charge in [-0.25, -0.2) is 4.79 Å². The molecular formula is C28H29N3O5. The van der Waals surface area contributed by atoms with E-state index in [1.165, 1.54) is 19.4 Å². The number of para-hydroxylation sites is 1. The van der Waals surface area contributed by atoms with Gasteiger partial charge in [0.15, 0.2) is 0 Å². The molecule has 1 aliphatic heterocycles. The Bertz CT molecular complexity index is 1440. The van der Waals surface area contributed by atoms with Gasteiger partial charge in [0.25, 0.3) is 0 Å². The zero-order valence-electron chi connectivity index (χ0n) is 21.1. The molecule has 1 aliphatic rings. The van der Waals surface area contributed by atoms with E-state index in [1.54, 1.807) is 18.3 Å². The van der Waals surface area contributed by atoms with Crippen molar-refractivity contribution in [2.45, 2.75) is 32.9 Å². The second kappa shape index (κ2) is 9.29. The summed E-state index contributed by atoms with van der Waals surface area (Å²) >= 11 is 0. The Balaban J connectivity index is 1.90. The van der Waals surface area contributed by atoms with Gasteiger partial charge in [0.05, 0.1) is 32.1 Å². The molecule has 0 aliphatic carbocycles. The molecule has 3 heterocycles. The Morgan fingerprint density at radius 3 is 2.56 bits per heavy atom. The van der Waals surface area contributed by atoms with E-state index in [9.17, 15) is 4.79 Å². The third kappa shape index (κ3) is 3.37. The molecule has 2 aromatic heterocycles. The Hall–Kier alpha value is -3.88. The zero-order chi connectivity index (χ0) is 25.4. The smallest absolute Gasteiger partial charge is 0.341 e. The van der Waals surface area contributed by atoms with Gasteiger partial charge >= 0.3 is 5.97 Å². The summed E-state index contributed by atoms with van der Waals surface area (Å²) in [4.78, 5) is 28.7. The molecule has 0 spiro atoms. The van der Waals surface area contributed by atoms with Crippen molar-refractivity contribution in [2.24, 2.45) is 0 Å². The predicted molar refractivity (Wildman–Crippen MR) is 136 cm³/mol. The van der Waals surface area contributed by atoms with E-state index in [0.29, 0.717) is 34.9 Å². The van der Waals surface area contributed by atoms with Crippen LogP contribution in [0.15, 0.2) is 60.8 Å². The van der Waals surface area contributed by atoms with Crippen molar-refractivity contribution in [2.75, 3.05) is 26.1 Å². The molecule has 0 N–H and O–H groups in total. The average molecular weight is 488 g/mol. The van der Waals surface area contributed by atoms with Crippen molar-refractivity contribution in [3.63, 3.8) is 0 Å². The van der Waals surface area contributed by atoms with Crippen LogP contribution in [0, 0.1) is 6.92 Å². The topological polar surface area (TPSA) is 75.1 Å². The maximum atomic E-state index is 13.3. The van der Waals surface area contributed by atoms with E-state index >= 15 is 0 Å². The highest BCUT2D eigenvalue weighted by Gasteiger charge is 2.54. The highest BCUT2D eigenvalue weighted by atomic mass is 16.9. The Morgan fingerprint density at radius 1 is 1.06 bits per heavy atom. The monoisotopic (exact) mass is 487 g/mol. The van der Waals surface area contributed by atoms with Gasteiger partial charge in [-0.2, -0.15) is 0 Å². The maximum absolute atomic E-state index is 13.3. The number of anilines is 1. The van der Waals surface area contributed by atoms with E-state index in [1.807, 2.05) is 37.3 Å². The first-order chi connectivity index (χ1) is 17.5. The van der Waals surface area contributed by atoms with Crippen molar-refractivity contribution < 1.29 is 23.9 Å². The molecule has 2 aromatic carbocycles. The molecule has 0 radical (unpaired) electrons. The summed E-state index contributed by atoms with van der Waals surface area (Å²) in [5, 5.41) is 2.27. The molecule has 1 atom stereocenters. The summed E-state index contributed by atoms with van der Waals surface area (Å²) in [6.07, 6.45) is 1.69. The number of carbonyl (C=O) groups is 1. The molecule has 0 fully saturated rings. The van der Waals surface area contributed by atoms with Crippen LogP contribution in [-0.4, -0.2) is 36.3 Å². The first-order valence-corrected chi connectivity index (χ1v) is 11.9.